The summed E-state index contributed by atoms with van der Waals surface area (Å²) in [6.07, 6.45) is 8.03. The van der Waals surface area contributed by atoms with Crippen LogP contribution in [0.5, 0.6) is 0 Å². The number of halogens is 1. The van der Waals surface area contributed by atoms with E-state index in [4.69, 9.17) is 4.42 Å². The van der Waals surface area contributed by atoms with Crippen LogP contribution in [0.25, 0.3) is 21.3 Å². The molecule has 4 aromatic rings. The van der Waals surface area contributed by atoms with Gasteiger partial charge in [0.15, 0.2) is 6.04 Å². The van der Waals surface area contributed by atoms with E-state index in [1.165, 1.54) is 23.5 Å². The standard InChI is InChI=1S/C27H25FN6O3S/c1-16-33-34-23(37-16)15-29-25(35)24(32-27(36)30-14-17-5-3-2-4-6-17)26-31-21-12-9-19(13-22(21)38-26)18-7-10-20(28)11-8-18/h3,5-13,24H,2,4,14-15H2,1H3,(H,29,35)(H2,30,32,36). The first-order valence-corrected chi connectivity index (χ1v) is 12.9. The minimum absolute atomic E-state index is 0.0107. The lowest BCUT2D eigenvalue weighted by molar-refractivity contribution is -0.123. The molecule has 0 spiro atoms. The average Bonchev–Trinajstić information content (AvgIpc) is 3.55. The number of hydrogen-bond donors (Lipinski definition) is 3. The fourth-order valence-electron chi connectivity index (χ4n) is 3.96. The van der Waals surface area contributed by atoms with E-state index in [9.17, 15) is 14.0 Å². The highest BCUT2D eigenvalue weighted by molar-refractivity contribution is 7.18. The number of benzene rings is 2. The Morgan fingerprint density at radius 2 is 1.87 bits per heavy atom. The monoisotopic (exact) mass is 532 g/mol. The van der Waals surface area contributed by atoms with Crippen molar-refractivity contribution in [1.29, 1.82) is 0 Å². The second-order valence-electron chi connectivity index (χ2n) is 8.69. The fraction of sp³-hybridized carbons (Fsp3) is 0.222. The van der Waals surface area contributed by atoms with Gasteiger partial charge in [-0.05, 0) is 53.8 Å². The quantitative estimate of drug-likeness (QED) is 0.302. The van der Waals surface area contributed by atoms with Gasteiger partial charge in [-0.1, -0.05) is 36.4 Å². The van der Waals surface area contributed by atoms with E-state index in [0.29, 0.717) is 23.0 Å². The summed E-state index contributed by atoms with van der Waals surface area (Å²) in [5, 5.41) is 16.4. The Kier molecular flexibility index (Phi) is 7.55. The zero-order chi connectivity index (χ0) is 26.5. The number of hydrogen-bond acceptors (Lipinski definition) is 7. The van der Waals surface area contributed by atoms with Crippen LogP contribution < -0.4 is 16.0 Å². The molecule has 0 fully saturated rings. The molecule has 0 radical (unpaired) electrons. The van der Waals surface area contributed by atoms with Crippen molar-refractivity contribution in [2.24, 2.45) is 0 Å². The van der Waals surface area contributed by atoms with Crippen LogP contribution in [0.2, 0.25) is 0 Å². The highest BCUT2D eigenvalue weighted by Gasteiger charge is 2.27. The molecule has 1 unspecified atom stereocenters. The number of carbonyl (C=O) groups is 2. The molecular formula is C27H25FN6O3S. The van der Waals surface area contributed by atoms with Crippen LogP contribution in [0.3, 0.4) is 0 Å². The van der Waals surface area contributed by atoms with E-state index < -0.39 is 18.0 Å². The van der Waals surface area contributed by atoms with Gasteiger partial charge in [-0.15, -0.1) is 21.5 Å². The predicted molar refractivity (Wildman–Crippen MR) is 142 cm³/mol. The Morgan fingerprint density at radius 1 is 1.05 bits per heavy atom. The van der Waals surface area contributed by atoms with Crippen LogP contribution in [-0.4, -0.2) is 33.7 Å². The highest BCUT2D eigenvalue weighted by atomic mass is 32.1. The van der Waals surface area contributed by atoms with Gasteiger partial charge in [0.2, 0.25) is 17.7 Å². The molecule has 194 valence electrons. The normalized spacial score (nSPS) is 13.7. The second kappa shape index (κ2) is 11.3. The zero-order valence-electron chi connectivity index (χ0n) is 20.5. The maximum Gasteiger partial charge on any atom is 0.316 e. The molecule has 0 saturated heterocycles. The molecule has 2 heterocycles. The Balaban J connectivity index is 1.36. The molecular weight excluding hydrogens is 507 g/mol. The highest BCUT2D eigenvalue weighted by Crippen LogP contribution is 2.31. The van der Waals surface area contributed by atoms with E-state index in [1.807, 2.05) is 24.3 Å². The lowest BCUT2D eigenvalue weighted by Gasteiger charge is -2.17. The first-order chi connectivity index (χ1) is 18.4. The maximum atomic E-state index is 13.4. The van der Waals surface area contributed by atoms with Gasteiger partial charge in [0.25, 0.3) is 0 Å². The van der Waals surface area contributed by atoms with Crippen molar-refractivity contribution in [3.63, 3.8) is 0 Å². The third kappa shape index (κ3) is 6.12. The third-order valence-corrected chi connectivity index (χ3v) is 6.96. The Bertz CT molecular complexity index is 1530. The van der Waals surface area contributed by atoms with Crippen molar-refractivity contribution < 1.29 is 18.4 Å². The Hall–Kier alpha value is -4.38. The molecule has 38 heavy (non-hydrogen) atoms. The number of rotatable bonds is 8. The first-order valence-electron chi connectivity index (χ1n) is 12.1. The van der Waals surface area contributed by atoms with E-state index in [0.717, 1.165) is 34.2 Å². The van der Waals surface area contributed by atoms with Crippen molar-refractivity contribution in [2.75, 3.05) is 6.54 Å². The summed E-state index contributed by atoms with van der Waals surface area (Å²) in [4.78, 5) is 30.6. The SMILES string of the molecule is Cc1nnc(CNC(=O)C(NC(=O)NCC2=CCCC=C2)c2nc3ccc(-c4ccc(F)cc4)cc3s2)o1. The molecule has 0 bridgehead atoms. The van der Waals surface area contributed by atoms with Crippen LogP contribution in [-0.2, 0) is 11.3 Å². The Morgan fingerprint density at radius 3 is 2.61 bits per heavy atom. The summed E-state index contributed by atoms with van der Waals surface area (Å²) in [6, 6.07) is 10.3. The summed E-state index contributed by atoms with van der Waals surface area (Å²) in [5.41, 5.74) is 3.43. The molecule has 1 atom stereocenters. The molecule has 2 aromatic heterocycles. The molecule has 0 aliphatic heterocycles. The largest absolute Gasteiger partial charge is 0.424 e. The summed E-state index contributed by atoms with van der Waals surface area (Å²) < 4.78 is 19.5. The van der Waals surface area contributed by atoms with E-state index in [-0.39, 0.29) is 18.3 Å². The van der Waals surface area contributed by atoms with Crippen molar-refractivity contribution in [3.05, 3.63) is 88.9 Å². The van der Waals surface area contributed by atoms with Gasteiger partial charge in [0.05, 0.1) is 16.8 Å². The minimum atomic E-state index is -1.05. The van der Waals surface area contributed by atoms with Gasteiger partial charge in [0, 0.05) is 13.5 Å². The van der Waals surface area contributed by atoms with Crippen molar-refractivity contribution in [1.82, 2.24) is 31.1 Å². The number of fused-ring (bicyclic) bond motifs is 1. The minimum Gasteiger partial charge on any atom is -0.424 e. The molecule has 3 N–H and O–H groups in total. The van der Waals surface area contributed by atoms with Crippen LogP contribution in [0.15, 0.2) is 70.7 Å². The van der Waals surface area contributed by atoms with Gasteiger partial charge in [-0.3, -0.25) is 4.79 Å². The summed E-state index contributed by atoms with van der Waals surface area (Å²) in [7, 11) is 0. The second-order valence-corrected chi connectivity index (χ2v) is 9.76. The molecule has 5 rings (SSSR count). The van der Waals surface area contributed by atoms with Gasteiger partial charge in [-0.25, -0.2) is 14.2 Å². The van der Waals surface area contributed by atoms with Gasteiger partial charge in [-0.2, -0.15) is 0 Å². The topological polar surface area (TPSA) is 122 Å². The number of nitrogens with zero attached hydrogens (tertiary/aromatic N) is 3. The number of urea groups is 1. The number of aromatic nitrogens is 3. The van der Waals surface area contributed by atoms with Crippen LogP contribution in [0.4, 0.5) is 9.18 Å². The molecule has 3 amide bonds. The fourth-order valence-corrected chi connectivity index (χ4v) is 5.02. The Labute approximate surface area is 221 Å². The van der Waals surface area contributed by atoms with Gasteiger partial charge in [0.1, 0.15) is 10.8 Å². The van der Waals surface area contributed by atoms with Gasteiger partial charge >= 0.3 is 6.03 Å². The smallest absolute Gasteiger partial charge is 0.316 e. The van der Waals surface area contributed by atoms with E-state index in [2.05, 4.69) is 43.3 Å². The average molecular weight is 533 g/mol. The van der Waals surface area contributed by atoms with Crippen LogP contribution in [0, 0.1) is 12.7 Å². The number of aryl methyl sites for hydroxylation is 1. The lowest BCUT2D eigenvalue weighted by Crippen LogP contribution is -2.44. The van der Waals surface area contributed by atoms with Crippen molar-refractivity contribution >= 4 is 33.5 Å². The number of carbonyl (C=O) groups excluding carboxylic acids is 2. The number of amides is 3. The van der Waals surface area contributed by atoms with Crippen molar-refractivity contribution in [3.8, 4) is 11.1 Å². The summed E-state index contributed by atoms with van der Waals surface area (Å²) in [5.74, 6) is -0.133. The summed E-state index contributed by atoms with van der Waals surface area (Å²) >= 11 is 1.30. The van der Waals surface area contributed by atoms with Crippen LogP contribution >= 0.6 is 11.3 Å². The molecule has 2 aromatic carbocycles. The molecule has 11 heteroatoms. The third-order valence-electron chi connectivity index (χ3n) is 5.87. The van der Waals surface area contributed by atoms with E-state index >= 15 is 0 Å². The lowest BCUT2D eigenvalue weighted by atomic mass is 10.1. The molecule has 0 saturated carbocycles. The van der Waals surface area contributed by atoms with Crippen LogP contribution in [0.1, 0.15) is 35.7 Å². The van der Waals surface area contributed by atoms with Gasteiger partial charge < -0.3 is 20.4 Å². The zero-order valence-corrected chi connectivity index (χ0v) is 21.3. The first kappa shape index (κ1) is 25.3. The summed E-state index contributed by atoms with van der Waals surface area (Å²) in [6.45, 7) is 2.01. The van der Waals surface area contributed by atoms with E-state index in [1.54, 1.807) is 19.1 Å². The maximum absolute atomic E-state index is 13.4. The molecule has 1 aliphatic carbocycles. The molecule has 9 nitrogen and oxygen atoms in total. The number of allylic oxidation sites excluding steroid dienone is 2. The number of thiazole rings is 1. The molecule has 1 aliphatic rings. The predicted octanol–water partition coefficient (Wildman–Crippen LogP) is 4.73. The number of nitrogens with one attached hydrogen (secondary N) is 3. The van der Waals surface area contributed by atoms with Crippen molar-refractivity contribution in [2.45, 2.75) is 32.4 Å².